The Balaban J connectivity index is 0.983. The van der Waals surface area contributed by atoms with Gasteiger partial charge in [0.15, 0.2) is 29.9 Å². The standard InChI is InChI=1S/C83H100Cl2N12O26/c1-34(2)23-47(87-8)73(109)95-63-65(103)38-12-17-51(45(84)25-38)119-53-27-40-28-54(69(53)123-80-70(68(106)67(105)55(33-98)121-80)122-58-32-83(7,71(107)35(3)118-58)88-20-22-97-21-19-57(91-81(97)117)90-72(108)36-9-14-41(15-10-36)82(4,5)6)120-52-18-13-39(26-46(52)85)66(104)64-78(114)94-62(79(115)116)44-29-42(99)30-50(101)59(44)43-24-37(11-16-49(43)100)60(75(111)96-64)93-76(112)61(40)92-74(110)48(31-56(86)102)89-77(63)113/h11-13,16-19,21,24-30,34-36,41,47-48,55,58,60-68,70-71,80,87-88,98-101,103-107H,9-10,14-15,20,22-23,31-33H2,1-8H3,(H2,86,102)(H,89,113)(H,92,110)(H,93,112)(H,94,114)(H,95,109)(H,96,111)(H,115,116)(H,90,91,108,117)/t35-,36?,41?,47+,48+,55+,58+,60+,61?,62-,63-,64-,65-,66-,67-,68-,70-,71+,80?,83?/m1/s1. The number of halogens is 2. The van der Waals surface area contributed by atoms with Crippen LogP contribution in [0.4, 0.5) is 5.82 Å². The summed E-state index contributed by atoms with van der Waals surface area (Å²) in [4.78, 5) is 149. The number of phenols is 3. The highest BCUT2D eigenvalue weighted by Crippen LogP contribution is 2.51. The molecule has 5 aromatic carbocycles. The molecule has 0 spiro atoms. The van der Waals surface area contributed by atoms with Gasteiger partial charge in [-0.25, -0.2) is 9.59 Å². The van der Waals surface area contributed by atoms with Crippen molar-refractivity contribution in [1.29, 1.82) is 0 Å². The molecule has 2 saturated heterocycles. The maximum absolute atomic E-state index is 16.2. The summed E-state index contributed by atoms with van der Waals surface area (Å²) in [6.45, 7) is 12.3. The minimum absolute atomic E-state index is 0.000610. The molecule has 40 heteroatoms. The molecule has 11 bridgehead atoms. The number of amides is 8. The number of nitrogens with zero attached hydrogens (tertiary/aromatic N) is 2. The zero-order valence-corrected chi connectivity index (χ0v) is 69.5. The summed E-state index contributed by atoms with van der Waals surface area (Å²) >= 11 is 14.3. The van der Waals surface area contributed by atoms with Crippen molar-refractivity contribution in [2.45, 2.75) is 209 Å². The van der Waals surface area contributed by atoms with Crippen LogP contribution in [0, 0.1) is 23.2 Å². The van der Waals surface area contributed by atoms with Gasteiger partial charge in [0.2, 0.25) is 59.3 Å². The summed E-state index contributed by atoms with van der Waals surface area (Å²) < 4.78 is 40.7. The maximum atomic E-state index is 16.2. The van der Waals surface area contributed by atoms with Crippen LogP contribution in [0.5, 0.6) is 46.0 Å². The predicted molar refractivity (Wildman–Crippen MR) is 435 cm³/mol. The third-order valence-corrected chi connectivity index (χ3v) is 23.7. The SMILES string of the molecule is CN[C@@H](CC(C)C)C(=O)N[C@H]1C(=O)N[C@@H](CC(N)=O)C(=O)NC2C(=O)N[C@@H]3C(=O)N[C@@H](C(=O)N[C@@H](C(=O)O)c4cc(O)cc(O)c4-c4cc3ccc4O)[C@H](O)c3ccc(c(Cl)c3)Oc3cc2cc(c3OC2O[C@@H](CO)[C@@H](O)[C@@H](O)[C@H]2O[C@H]2CC(C)(NCCn3ccc(NC(=O)C4CCC(C(C)(C)C)CC4)nc3=O)[C@@H](O)[C@@H](C)O2)Oc2ccc(cc2Cl)[C@H]1O. The molecule has 8 aliphatic rings. The number of hydrogen-bond donors (Lipinski definition) is 20. The molecule has 8 amide bonds. The number of aromatic nitrogens is 2. The molecule has 1 aromatic heterocycles. The van der Waals surface area contributed by atoms with E-state index < -0.39 is 243 Å². The average Bonchev–Trinajstić information content (AvgIpc) is 0.765. The van der Waals surface area contributed by atoms with Crippen LogP contribution in [0.25, 0.3) is 11.1 Å². The van der Waals surface area contributed by atoms with Crippen LogP contribution in [0.15, 0.2) is 95.9 Å². The number of carbonyl (C=O) groups is 9. The number of benzene rings is 5. The number of aliphatic carboxylic acids is 1. The number of aromatic hydroxyl groups is 3. The Morgan fingerprint density at radius 2 is 1.35 bits per heavy atom. The minimum Gasteiger partial charge on any atom is -0.508 e. The molecule has 123 heavy (non-hydrogen) atoms. The second-order valence-corrected chi connectivity index (χ2v) is 34.1. The number of primary amides is 1. The lowest BCUT2D eigenvalue weighted by Gasteiger charge is -2.48. The van der Waals surface area contributed by atoms with Crippen molar-refractivity contribution in [1.82, 2.24) is 52.1 Å². The number of phenolic OH excluding ortho intramolecular Hbond substituents is 3. The van der Waals surface area contributed by atoms with Gasteiger partial charge < -0.3 is 133 Å². The van der Waals surface area contributed by atoms with E-state index in [9.17, 15) is 84.6 Å². The molecule has 662 valence electrons. The van der Waals surface area contributed by atoms with Gasteiger partial charge in [0, 0.05) is 59.9 Å². The van der Waals surface area contributed by atoms with Gasteiger partial charge in [-0.1, -0.05) is 76.0 Å². The quantitative estimate of drug-likeness (QED) is 0.0554. The molecule has 0 radical (unpaired) electrons. The zero-order chi connectivity index (χ0) is 89.3. The summed E-state index contributed by atoms with van der Waals surface area (Å²) in [5.41, 5.74) is 0.857. The molecule has 38 nitrogen and oxygen atoms in total. The number of hydrogen-bond acceptors (Lipinski definition) is 28. The van der Waals surface area contributed by atoms with E-state index in [1.807, 2.05) is 13.8 Å². The fourth-order valence-corrected chi connectivity index (χ4v) is 16.7. The number of carbonyl (C=O) groups excluding carboxylic acids is 8. The molecule has 6 aromatic rings. The van der Waals surface area contributed by atoms with Crippen LogP contribution in [-0.2, 0) is 63.9 Å². The van der Waals surface area contributed by atoms with Crippen LogP contribution < -0.4 is 73.5 Å². The van der Waals surface area contributed by atoms with Crippen molar-refractivity contribution in [2.75, 3.05) is 25.5 Å². The van der Waals surface area contributed by atoms with Crippen LogP contribution in [0.3, 0.4) is 0 Å². The first-order valence-corrected chi connectivity index (χ1v) is 40.7. The second kappa shape index (κ2) is 37.7. The third kappa shape index (κ3) is 20.3. The number of rotatable bonds is 19. The van der Waals surface area contributed by atoms with Crippen LogP contribution in [-0.4, -0.2) is 213 Å². The molecule has 3 fully saturated rings. The highest BCUT2D eigenvalue weighted by atomic mass is 35.5. The first-order valence-electron chi connectivity index (χ1n) is 39.9. The first kappa shape index (κ1) is 91.4. The highest BCUT2D eigenvalue weighted by molar-refractivity contribution is 6.32. The Morgan fingerprint density at radius 1 is 0.724 bits per heavy atom. The number of carboxylic acid groups (broad SMARTS) is 1. The molecule has 8 heterocycles. The Kier molecular flexibility index (Phi) is 28.0. The number of likely N-dealkylation sites (N-methyl/N-ethyl adjacent to an activating group) is 1. The van der Waals surface area contributed by atoms with Gasteiger partial charge in [0.05, 0.1) is 41.3 Å². The Bertz CT molecular complexity index is 5110. The molecule has 1 aliphatic carbocycles. The van der Waals surface area contributed by atoms with Gasteiger partial charge in [0.25, 0.3) is 0 Å². The lowest BCUT2D eigenvalue weighted by atomic mass is 9.70. The van der Waals surface area contributed by atoms with Crippen molar-refractivity contribution < 1.29 is 123 Å². The number of aliphatic hydroxyl groups excluding tert-OH is 6. The molecule has 3 unspecified atom stereocenters. The molecule has 7 aliphatic heterocycles. The summed E-state index contributed by atoms with van der Waals surface area (Å²) in [5.74, 6) is -16.3. The van der Waals surface area contributed by atoms with E-state index in [4.69, 9.17) is 57.4 Å². The summed E-state index contributed by atoms with van der Waals surface area (Å²) in [7, 11) is 1.47. The van der Waals surface area contributed by atoms with Gasteiger partial charge in [-0.2, -0.15) is 4.98 Å². The number of nitrogens with two attached hydrogens (primary N) is 1. The van der Waals surface area contributed by atoms with E-state index in [0.29, 0.717) is 18.8 Å². The predicted octanol–water partition coefficient (Wildman–Crippen LogP) is 2.79. The molecule has 1 saturated carbocycles. The molecule has 18 atom stereocenters. The van der Waals surface area contributed by atoms with Crippen molar-refractivity contribution in [3.63, 3.8) is 0 Å². The average molecular weight is 1750 g/mol. The number of ether oxygens (including phenoxy) is 6. The largest absolute Gasteiger partial charge is 0.508 e. The van der Waals surface area contributed by atoms with E-state index in [1.165, 1.54) is 42.9 Å². The Hall–Kier alpha value is -10.8. The van der Waals surface area contributed by atoms with Crippen LogP contribution >= 0.6 is 23.2 Å². The summed E-state index contributed by atoms with van der Waals surface area (Å²) in [6, 6.07) is 0.525. The highest BCUT2D eigenvalue weighted by Gasteiger charge is 2.53. The smallest absolute Gasteiger partial charge is 0.349 e. The number of carboxylic acids is 1. The van der Waals surface area contributed by atoms with Gasteiger partial charge >= 0.3 is 11.7 Å². The molecular formula is C83H100Cl2N12O26. The second-order valence-electron chi connectivity index (χ2n) is 33.2. The molecular weight excluding hydrogens is 1650 g/mol. The summed E-state index contributed by atoms with van der Waals surface area (Å²) in [6.07, 6.45) is -14.8. The monoisotopic (exact) mass is 1750 g/mol. The fraction of sp³-hybridized carbons (Fsp3) is 0.482. The maximum Gasteiger partial charge on any atom is 0.349 e. The third-order valence-electron chi connectivity index (χ3n) is 23.1. The van der Waals surface area contributed by atoms with E-state index in [0.717, 1.165) is 79.6 Å². The topological polar surface area (TPSA) is 580 Å². The zero-order valence-electron chi connectivity index (χ0n) is 68.0. The van der Waals surface area contributed by atoms with Crippen molar-refractivity contribution in [2.24, 2.45) is 28.9 Å². The lowest BCUT2D eigenvalue weighted by Crippen LogP contribution is -2.65. The Morgan fingerprint density at radius 3 is 1.95 bits per heavy atom. The fourth-order valence-electron chi connectivity index (χ4n) is 16.2. The van der Waals surface area contributed by atoms with Crippen molar-refractivity contribution in [3.8, 4) is 57.1 Å². The first-order chi connectivity index (χ1) is 58.1. The van der Waals surface area contributed by atoms with E-state index in [2.05, 4.69) is 73.6 Å². The van der Waals surface area contributed by atoms with E-state index >= 15 is 14.4 Å². The van der Waals surface area contributed by atoms with Crippen LogP contribution in [0.2, 0.25) is 10.0 Å². The van der Waals surface area contributed by atoms with Gasteiger partial charge in [-0.05, 0) is 153 Å². The Labute approximate surface area is 713 Å². The number of aliphatic hydroxyl groups is 6. The van der Waals surface area contributed by atoms with Crippen molar-refractivity contribution >= 4 is 82.2 Å². The van der Waals surface area contributed by atoms with E-state index in [-0.39, 0.29) is 82.4 Å². The van der Waals surface area contributed by atoms with Gasteiger partial charge in [0.1, 0.15) is 95.3 Å². The summed E-state index contributed by atoms with van der Waals surface area (Å²) in [5, 5.41) is 139. The van der Waals surface area contributed by atoms with Gasteiger partial charge in [-0.15, -0.1) is 0 Å². The normalized spacial score (nSPS) is 28.3. The number of fused-ring (bicyclic) bond motifs is 15. The number of anilines is 1. The van der Waals surface area contributed by atoms with Gasteiger partial charge in [-0.3, -0.25) is 42.9 Å². The van der Waals surface area contributed by atoms with E-state index in [1.54, 1.807) is 6.92 Å². The van der Waals surface area contributed by atoms with Crippen LogP contribution in [0.1, 0.15) is 152 Å². The number of nitrogens with one attached hydrogen (secondary N) is 9. The molecule has 21 N–H and O–H groups in total. The minimum atomic E-state index is -2.39. The lowest BCUT2D eigenvalue weighted by molar-refractivity contribution is -0.334. The van der Waals surface area contributed by atoms with Crippen molar-refractivity contribution in [3.05, 3.63) is 139 Å². The molecule has 14 rings (SSSR count).